The first-order valence-electron chi connectivity index (χ1n) is 6.30. The number of halogens is 1. The molecule has 0 spiro atoms. The van der Waals surface area contributed by atoms with Crippen molar-refractivity contribution in [3.63, 3.8) is 0 Å². The van der Waals surface area contributed by atoms with Crippen LogP contribution in [-0.4, -0.2) is 28.8 Å². The van der Waals surface area contributed by atoms with Gasteiger partial charge in [-0.25, -0.2) is 0 Å². The Balaban J connectivity index is 2.29. The number of hydrogen-bond acceptors (Lipinski definition) is 3. The molecular formula is C14H18ClNO3S. The first-order chi connectivity index (χ1) is 9.40. The Kier molecular flexibility index (Phi) is 6.88. The minimum atomic E-state index is -0.909. The molecule has 0 aliphatic heterocycles. The topological polar surface area (TPSA) is 66.4 Å². The van der Waals surface area contributed by atoms with E-state index in [2.05, 4.69) is 5.32 Å². The molecule has 2 atom stereocenters. The van der Waals surface area contributed by atoms with Gasteiger partial charge in [0.25, 0.3) is 0 Å². The Morgan fingerprint density at radius 3 is 2.45 bits per heavy atom. The average Bonchev–Trinajstić information content (AvgIpc) is 2.39. The maximum atomic E-state index is 11.7. The average molecular weight is 316 g/mol. The van der Waals surface area contributed by atoms with Gasteiger partial charge in [0.1, 0.15) is 0 Å². The molecule has 1 rings (SSSR count). The molecule has 4 nitrogen and oxygen atoms in total. The number of benzene rings is 1. The van der Waals surface area contributed by atoms with Crippen LogP contribution < -0.4 is 5.32 Å². The Morgan fingerprint density at radius 2 is 1.90 bits per heavy atom. The van der Waals surface area contributed by atoms with Crippen molar-refractivity contribution in [2.45, 2.75) is 31.2 Å². The van der Waals surface area contributed by atoms with E-state index in [0.29, 0.717) is 17.2 Å². The van der Waals surface area contributed by atoms with Gasteiger partial charge in [-0.3, -0.25) is 9.59 Å². The molecule has 20 heavy (non-hydrogen) atoms. The summed E-state index contributed by atoms with van der Waals surface area (Å²) in [5, 5.41) is 12.2. The zero-order valence-electron chi connectivity index (χ0n) is 11.4. The Labute approximate surface area is 127 Å². The smallest absolute Gasteiger partial charge is 0.308 e. The van der Waals surface area contributed by atoms with Gasteiger partial charge in [-0.2, -0.15) is 0 Å². The van der Waals surface area contributed by atoms with E-state index >= 15 is 0 Å². The van der Waals surface area contributed by atoms with E-state index in [1.165, 1.54) is 0 Å². The monoisotopic (exact) mass is 315 g/mol. The summed E-state index contributed by atoms with van der Waals surface area (Å²) in [5.74, 6) is -0.995. The fourth-order valence-corrected chi connectivity index (χ4v) is 2.44. The van der Waals surface area contributed by atoms with Gasteiger partial charge in [0, 0.05) is 28.1 Å². The highest BCUT2D eigenvalue weighted by atomic mass is 35.5. The Hall–Kier alpha value is -1.20. The van der Waals surface area contributed by atoms with Crippen LogP contribution >= 0.6 is 23.4 Å². The van der Waals surface area contributed by atoms with Crippen molar-refractivity contribution in [1.82, 2.24) is 5.32 Å². The number of carboxylic acids is 1. The highest BCUT2D eigenvalue weighted by molar-refractivity contribution is 7.99. The zero-order chi connectivity index (χ0) is 15.1. The number of carboxylic acid groups (broad SMARTS) is 1. The normalized spacial score (nSPS) is 13.6. The molecule has 1 aromatic rings. The van der Waals surface area contributed by atoms with Gasteiger partial charge < -0.3 is 10.4 Å². The number of amides is 1. The third kappa shape index (κ3) is 5.84. The number of nitrogens with one attached hydrogen (secondary N) is 1. The summed E-state index contributed by atoms with van der Waals surface area (Å²) in [4.78, 5) is 23.5. The maximum Gasteiger partial charge on any atom is 0.308 e. The van der Waals surface area contributed by atoms with E-state index < -0.39 is 11.9 Å². The molecule has 0 saturated heterocycles. The molecular weight excluding hydrogens is 298 g/mol. The van der Waals surface area contributed by atoms with Crippen LogP contribution in [0, 0.1) is 5.92 Å². The number of aliphatic carboxylic acids is 1. The molecule has 0 aliphatic rings. The minimum Gasteiger partial charge on any atom is -0.481 e. The summed E-state index contributed by atoms with van der Waals surface area (Å²) in [6, 6.07) is 7.04. The van der Waals surface area contributed by atoms with Crippen molar-refractivity contribution in [3.05, 3.63) is 29.3 Å². The molecule has 0 aromatic heterocycles. The van der Waals surface area contributed by atoms with Gasteiger partial charge in [0.05, 0.1) is 5.92 Å². The predicted octanol–water partition coefficient (Wildman–Crippen LogP) is 3.05. The summed E-state index contributed by atoms with van der Waals surface area (Å²) >= 11 is 7.35. The standard InChI is InChI=1S/C14H18ClNO3S/c1-9(14(18)19)10(2)16-13(17)7-8-20-12-5-3-11(15)4-6-12/h3-6,9-10H,7-8H2,1-2H3,(H,16,17)(H,18,19). The number of carbonyl (C=O) groups is 2. The summed E-state index contributed by atoms with van der Waals surface area (Å²) < 4.78 is 0. The molecule has 0 radical (unpaired) electrons. The van der Waals surface area contributed by atoms with Crippen molar-refractivity contribution in [2.24, 2.45) is 5.92 Å². The minimum absolute atomic E-state index is 0.132. The molecule has 0 fully saturated rings. The lowest BCUT2D eigenvalue weighted by atomic mass is 10.0. The fraction of sp³-hybridized carbons (Fsp3) is 0.429. The molecule has 0 aliphatic carbocycles. The van der Waals surface area contributed by atoms with Gasteiger partial charge >= 0.3 is 5.97 Å². The molecule has 1 amide bonds. The van der Waals surface area contributed by atoms with Gasteiger partial charge in [0.15, 0.2) is 0 Å². The summed E-state index contributed by atoms with van der Waals surface area (Å²) in [6.07, 6.45) is 0.351. The molecule has 0 heterocycles. The quantitative estimate of drug-likeness (QED) is 0.759. The van der Waals surface area contributed by atoms with Crippen LogP contribution in [0.2, 0.25) is 5.02 Å². The van der Waals surface area contributed by atoms with Gasteiger partial charge in [-0.05, 0) is 38.1 Å². The SMILES string of the molecule is CC(NC(=O)CCSc1ccc(Cl)cc1)C(C)C(=O)O. The van der Waals surface area contributed by atoms with Crippen LogP contribution in [0.1, 0.15) is 20.3 Å². The Bertz CT molecular complexity index is 464. The van der Waals surface area contributed by atoms with Crippen LogP contribution in [0.3, 0.4) is 0 Å². The second-order valence-electron chi connectivity index (χ2n) is 4.54. The third-order valence-corrected chi connectivity index (χ3v) is 4.21. The largest absolute Gasteiger partial charge is 0.481 e. The molecule has 0 saturated carbocycles. The van der Waals surface area contributed by atoms with E-state index in [9.17, 15) is 9.59 Å². The lowest BCUT2D eigenvalue weighted by molar-refractivity contribution is -0.142. The van der Waals surface area contributed by atoms with Crippen molar-refractivity contribution in [2.75, 3.05) is 5.75 Å². The van der Waals surface area contributed by atoms with Crippen LogP contribution in [-0.2, 0) is 9.59 Å². The Morgan fingerprint density at radius 1 is 1.30 bits per heavy atom. The van der Waals surface area contributed by atoms with Crippen molar-refractivity contribution in [3.8, 4) is 0 Å². The second-order valence-corrected chi connectivity index (χ2v) is 6.14. The van der Waals surface area contributed by atoms with E-state index in [4.69, 9.17) is 16.7 Å². The van der Waals surface area contributed by atoms with Crippen molar-refractivity contribution < 1.29 is 14.7 Å². The first-order valence-corrected chi connectivity index (χ1v) is 7.67. The lowest BCUT2D eigenvalue weighted by Gasteiger charge is -2.17. The summed E-state index contributed by atoms with van der Waals surface area (Å²) in [5.41, 5.74) is 0. The van der Waals surface area contributed by atoms with E-state index in [1.807, 2.05) is 12.1 Å². The van der Waals surface area contributed by atoms with Gasteiger partial charge in [0.2, 0.25) is 5.91 Å². The molecule has 110 valence electrons. The van der Waals surface area contributed by atoms with E-state index in [-0.39, 0.29) is 11.9 Å². The molecule has 6 heteroatoms. The van der Waals surface area contributed by atoms with Crippen molar-refractivity contribution in [1.29, 1.82) is 0 Å². The van der Waals surface area contributed by atoms with Crippen LogP contribution in [0.4, 0.5) is 0 Å². The highest BCUT2D eigenvalue weighted by Crippen LogP contribution is 2.20. The maximum absolute atomic E-state index is 11.7. The predicted molar refractivity (Wildman–Crippen MR) is 81.2 cm³/mol. The first kappa shape index (κ1) is 16.9. The van der Waals surface area contributed by atoms with Gasteiger partial charge in [-0.1, -0.05) is 11.6 Å². The highest BCUT2D eigenvalue weighted by Gasteiger charge is 2.20. The van der Waals surface area contributed by atoms with Crippen LogP contribution in [0.15, 0.2) is 29.2 Å². The molecule has 0 bridgehead atoms. The molecule has 2 unspecified atom stereocenters. The van der Waals surface area contributed by atoms with Crippen LogP contribution in [0.5, 0.6) is 0 Å². The molecule has 1 aromatic carbocycles. The zero-order valence-corrected chi connectivity index (χ0v) is 13.0. The summed E-state index contributed by atoms with van der Waals surface area (Å²) in [6.45, 7) is 3.28. The number of carbonyl (C=O) groups excluding carboxylic acids is 1. The number of thioether (sulfide) groups is 1. The fourth-order valence-electron chi connectivity index (χ4n) is 1.46. The summed E-state index contributed by atoms with van der Waals surface area (Å²) in [7, 11) is 0. The van der Waals surface area contributed by atoms with E-state index in [1.54, 1.807) is 37.7 Å². The molecule has 2 N–H and O–H groups in total. The number of hydrogen-bond donors (Lipinski definition) is 2. The second kappa shape index (κ2) is 8.17. The third-order valence-electron chi connectivity index (χ3n) is 2.94. The lowest BCUT2D eigenvalue weighted by Crippen LogP contribution is -2.40. The van der Waals surface area contributed by atoms with Crippen LogP contribution in [0.25, 0.3) is 0 Å². The number of rotatable bonds is 7. The van der Waals surface area contributed by atoms with Gasteiger partial charge in [-0.15, -0.1) is 11.8 Å². The van der Waals surface area contributed by atoms with E-state index in [0.717, 1.165) is 4.90 Å². The van der Waals surface area contributed by atoms with Crippen molar-refractivity contribution >= 4 is 35.2 Å².